The molecule has 0 saturated carbocycles. The van der Waals surface area contributed by atoms with E-state index < -0.39 is 0 Å². The third-order valence-corrected chi connectivity index (χ3v) is 3.60. The standard InChI is InChI=1S/C17H25N3O/c1-4-18-16(9-10-17-19-11-12-20(17)3)14-7-6-8-15(13-14)21-5-2/h6-8,11-13,16,18H,4-5,9-10H2,1-3H3. The Balaban J connectivity index is 2.07. The lowest BCUT2D eigenvalue weighted by atomic mass is 10.0. The van der Waals surface area contributed by atoms with Crippen molar-refractivity contribution in [1.29, 1.82) is 0 Å². The van der Waals surface area contributed by atoms with Crippen LogP contribution in [0.4, 0.5) is 0 Å². The summed E-state index contributed by atoms with van der Waals surface area (Å²) in [5.74, 6) is 2.06. The van der Waals surface area contributed by atoms with Crippen molar-refractivity contribution < 1.29 is 4.74 Å². The van der Waals surface area contributed by atoms with Crippen LogP contribution < -0.4 is 10.1 Å². The van der Waals surface area contributed by atoms with Gasteiger partial charge in [0.2, 0.25) is 0 Å². The molecule has 0 saturated heterocycles. The fraction of sp³-hybridized carbons (Fsp3) is 0.471. The van der Waals surface area contributed by atoms with E-state index in [1.165, 1.54) is 5.56 Å². The van der Waals surface area contributed by atoms with E-state index in [0.717, 1.165) is 31.0 Å². The van der Waals surface area contributed by atoms with Crippen LogP contribution in [0.3, 0.4) is 0 Å². The van der Waals surface area contributed by atoms with Crippen molar-refractivity contribution in [3.05, 3.63) is 48.0 Å². The Kier molecular flexibility index (Phi) is 5.81. The van der Waals surface area contributed by atoms with Crippen LogP contribution in [-0.4, -0.2) is 22.7 Å². The number of benzene rings is 1. The lowest BCUT2D eigenvalue weighted by Gasteiger charge is -2.19. The summed E-state index contributed by atoms with van der Waals surface area (Å²) in [5.41, 5.74) is 1.28. The summed E-state index contributed by atoms with van der Waals surface area (Å²) < 4.78 is 7.68. The van der Waals surface area contributed by atoms with Crippen LogP contribution in [0.1, 0.15) is 37.7 Å². The van der Waals surface area contributed by atoms with E-state index >= 15 is 0 Å². The maximum Gasteiger partial charge on any atom is 0.119 e. The van der Waals surface area contributed by atoms with Gasteiger partial charge in [-0.3, -0.25) is 0 Å². The van der Waals surface area contributed by atoms with Crippen LogP contribution in [0.15, 0.2) is 36.7 Å². The molecule has 21 heavy (non-hydrogen) atoms. The molecule has 2 rings (SSSR count). The lowest BCUT2D eigenvalue weighted by Crippen LogP contribution is -2.22. The van der Waals surface area contributed by atoms with Crippen LogP contribution in [0, 0.1) is 0 Å². The van der Waals surface area contributed by atoms with Gasteiger partial charge < -0.3 is 14.6 Å². The van der Waals surface area contributed by atoms with Gasteiger partial charge in [0.25, 0.3) is 0 Å². The average molecular weight is 287 g/mol. The summed E-state index contributed by atoms with van der Waals surface area (Å²) in [7, 11) is 2.04. The van der Waals surface area contributed by atoms with Gasteiger partial charge in [-0.15, -0.1) is 0 Å². The van der Waals surface area contributed by atoms with Gasteiger partial charge in [0.1, 0.15) is 11.6 Å². The Morgan fingerprint density at radius 1 is 1.33 bits per heavy atom. The molecule has 0 aliphatic heterocycles. The lowest BCUT2D eigenvalue weighted by molar-refractivity contribution is 0.339. The predicted molar refractivity (Wildman–Crippen MR) is 85.6 cm³/mol. The van der Waals surface area contributed by atoms with Crippen molar-refractivity contribution in [2.24, 2.45) is 7.05 Å². The highest BCUT2D eigenvalue weighted by molar-refractivity contribution is 5.30. The molecule has 1 aromatic heterocycles. The topological polar surface area (TPSA) is 39.1 Å². The van der Waals surface area contributed by atoms with Crippen LogP contribution in [0.2, 0.25) is 0 Å². The molecule has 1 heterocycles. The fourth-order valence-electron chi connectivity index (χ4n) is 2.53. The number of nitrogens with one attached hydrogen (secondary N) is 1. The molecule has 4 nitrogen and oxygen atoms in total. The summed E-state index contributed by atoms with van der Waals surface area (Å²) >= 11 is 0. The zero-order chi connectivity index (χ0) is 15.1. The van der Waals surface area contributed by atoms with E-state index in [9.17, 15) is 0 Å². The highest BCUT2D eigenvalue weighted by atomic mass is 16.5. The first-order valence-corrected chi connectivity index (χ1v) is 7.67. The number of ether oxygens (including phenoxy) is 1. The molecule has 0 aliphatic carbocycles. The minimum absolute atomic E-state index is 0.326. The van der Waals surface area contributed by atoms with Crippen molar-refractivity contribution in [2.75, 3.05) is 13.2 Å². The largest absolute Gasteiger partial charge is 0.494 e. The molecule has 0 aliphatic rings. The fourth-order valence-corrected chi connectivity index (χ4v) is 2.53. The molecule has 2 aromatic rings. The zero-order valence-electron chi connectivity index (χ0n) is 13.2. The molecule has 4 heteroatoms. The first kappa shape index (κ1) is 15.6. The number of aromatic nitrogens is 2. The summed E-state index contributed by atoms with van der Waals surface area (Å²) in [5, 5.41) is 3.56. The second-order valence-corrected chi connectivity index (χ2v) is 5.11. The molecule has 0 radical (unpaired) electrons. The smallest absolute Gasteiger partial charge is 0.119 e. The van der Waals surface area contributed by atoms with Crippen molar-refractivity contribution in [3.8, 4) is 5.75 Å². The van der Waals surface area contributed by atoms with Gasteiger partial charge >= 0.3 is 0 Å². The van der Waals surface area contributed by atoms with Gasteiger partial charge in [-0.2, -0.15) is 0 Å². The van der Waals surface area contributed by atoms with Crippen molar-refractivity contribution >= 4 is 0 Å². The number of hydrogen-bond acceptors (Lipinski definition) is 3. The van der Waals surface area contributed by atoms with E-state index in [-0.39, 0.29) is 0 Å². The molecule has 0 fully saturated rings. The Hall–Kier alpha value is -1.81. The van der Waals surface area contributed by atoms with Crippen LogP contribution in [-0.2, 0) is 13.5 Å². The predicted octanol–water partition coefficient (Wildman–Crippen LogP) is 3.10. The van der Waals surface area contributed by atoms with Crippen LogP contribution >= 0.6 is 0 Å². The zero-order valence-corrected chi connectivity index (χ0v) is 13.2. The maximum absolute atomic E-state index is 5.60. The van der Waals surface area contributed by atoms with E-state index in [1.54, 1.807) is 0 Å². The van der Waals surface area contributed by atoms with Gasteiger partial charge in [0.15, 0.2) is 0 Å². The molecule has 1 atom stereocenters. The maximum atomic E-state index is 5.60. The monoisotopic (exact) mass is 287 g/mol. The van der Waals surface area contributed by atoms with Gasteiger partial charge in [0.05, 0.1) is 6.61 Å². The SMILES string of the molecule is CCNC(CCc1nccn1C)c1cccc(OCC)c1. The number of hydrogen-bond donors (Lipinski definition) is 1. The summed E-state index contributed by atoms with van der Waals surface area (Å²) in [6, 6.07) is 8.69. The molecule has 1 aromatic carbocycles. The first-order valence-electron chi connectivity index (χ1n) is 7.67. The van der Waals surface area contributed by atoms with Crippen LogP contribution in [0.5, 0.6) is 5.75 Å². The molecular formula is C17H25N3O. The molecular weight excluding hydrogens is 262 g/mol. The number of rotatable bonds is 8. The second kappa shape index (κ2) is 7.84. The highest BCUT2D eigenvalue weighted by Crippen LogP contribution is 2.23. The van der Waals surface area contributed by atoms with E-state index in [2.05, 4.69) is 40.0 Å². The second-order valence-electron chi connectivity index (χ2n) is 5.11. The van der Waals surface area contributed by atoms with Gasteiger partial charge in [-0.1, -0.05) is 19.1 Å². The number of aryl methyl sites for hydroxylation is 2. The quantitative estimate of drug-likeness (QED) is 0.811. The number of imidazole rings is 1. The van der Waals surface area contributed by atoms with Crippen molar-refractivity contribution in [1.82, 2.24) is 14.9 Å². The normalized spacial score (nSPS) is 12.3. The highest BCUT2D eigenvalue weighted by Gasteiger charge is 2.12. The third-order valence-electron chi connectivity index (χ3n) is 3.60. The Labute approximate surface area is 127 Å². The molecule has 0 amide bonds. The summed E-state index contributed by atoms with van der Waals surface area (Å²) in [6.45, 7) is 5.79. The minimum atomic E-state index is 0.326. The van der Waals surface area contributed by atoms with Crippen LogP contribution in [0.25, 0.3) is 0 Å². The summed E-state index contributed by atoms with van der Waals surface area (Å²) in [6.07, 6.45) is 5.83. The molecule has 1 N–H and O–H groups in total. The van der Waals surface area contributed by atoms with Gasteiger partial charge in [0, 0.05) is 31.9 Å². The molecule has 0 spiro atoms. The first-order chi connectivity index (χ1) is 10.2. The number of nitrogens with zero attached hydrogens (tertiary/aromatic N) is 2. The Morgan fingerprint density at radius 3 is 2.86 bits per heavy atom. The van der Waals surface area contributed by atoms with Crippen molar-refractivity contribution in [2.45, 2.75) is 32.7 Å². The minimum Gasteiger partial charge on any atom is -0.494 e. The molecule has 0 bridgehead atoms. The molecule has 1 unspecified atom stereocenters. The Morgan fingerprint density at radius 2 is 2.19 bits per heavy atom. The summed E-state index contributed by atoms with van der Waals surface area (Å²) in [4.78, 5) is 4.40. The molecule has 114 valence electrons. The van der Waals surface area contributed by atoms with E-state index in [0.29, 0.717) is 12.6 Å². The average Bonchev–Trinajstić information content (AvgIpc) is 2.89. The van der Waals surface area contributed by atoms with Gasteiger partial charge in [-0.25, -0.2) is 4.98 Å². The van der Waals surface area contributed by atoms with E-state index in [4.69, 9.17) is 4.74 Å². The van der Waals surface area contributed by atoms with Gasteiger partial charge in [-0.05, 0) is 37.6 Å². The third kappa shape index (κ3) is 4.33. The van der Waals surface area contributed by atoms with E-state index in [1.807, 2.05) is 32.4 Å². The van der Waals surface area contributed by atoms with Crippen molar-refractivity contribution in [3.63, 3.8) is 0 Å². The Bertz CT molecular complexity index is 550.